The summed E-state index contributed by atoms with van der Waals surface area (Å²) in [6.45, 7) is 5.93. The molecule has 0 bridgehead atoms. The van der Waals surface area contributed by atoms with Crippen molar-refractivity contribution in [3.63, 3.8) is 0 Å². The second-order valence-electron chi connectivity index (χ2n) is 14.7. The van der Waals surface area contributed by atoms with Gasteiger partial charge < -0.3 is 19.5 Å². The van der Waals surface area contributed by atoms with E-state index in [0.717, 1.165) is 86.5 Å². The predicted octanol–water partition coefficient (Wildman–Crippen LogP) is 14.0. The van der Waals surface area contributed by atoms with Gasteiger partial charge in [0.25, 0.3) is 0 Å². The topological polar surface area (TPSA) is 109 Å². The van der Waals surface area contributed by atoms with Crippen LogP contribution in [0.15, 0.2) is 115 Å². The number of aromatic nitrogens is 2. The molecule has 0 radical (unpaired) electrons. The molecule has 8 nitrogen and oxygen atoms in total. The summed E-state index contributed by atoms with van der Waals surface area (Å²) in [7, 11) is 0. The van der Waals surface area contributed by atoms with E-state index in [4.69, 9.17) is 19.4 Å². The minimum atomic E-state index is -1.25. The Labute approximate surface area is 352 Å². The molecule has 9 heteroatoms. The molecule has 0 amide bonds. The average Bonchev–Trinajstić information content (AvgIpc) is 3.66. The molecule has 4 aromatic carbocycles. The summed E-state index contributed by atoms with van der Waals surface area (Å²) in [5, 5.41) is 18.5. The molecule has 0 unspecified atom stereocenters. The second-order valence-corrected chi connectivity index (χ2v) is 15.7. The smallest absolute Gasteiger partial charge is 0.346 e. The molecule has 0 spiro atoms. The zero-order chi connectivity index (χ0) is 41.2. The molecule has 0 aliphatic rings. The Bertz CT molecular complexity index is 2230. The molecule has 304 valence electrons. The maximum atomic E-state index is 11.4. The average molecular weight is 807 g/mol. The highest BCUT2D eigenvalue weighted by Gasteiger charge is 2.19. The number of aliphatic carboxylic acids is 1. The van der Waals surface area contributed by atoms with Gasteiger partial charge >= 0.3 is 5.97 Å². The summed E-state index contributed by atoms with van der Waals surface area (Å²) in [5.74, 6) is 0.490. The van der Waals surface area contributed by atoms with Gasteiger partial charge in [-0.25, -0.2) is 4.79 Å². The van der Waals surface area contributed by atoms with Crippen molar-refractivity contribution in [1.82, 2.24) is 9.97 Å². The summed E-state index contributed by atoms with van der Waals surface area (Å²) in [5.41, 5.74) is 6.91. The van der Waals surface area contributed by atoms with Gasteiger partial charge in [-0.15, -0.1) is 11.3 Å². The van der Waals surface area contributed by atoms with Gasteiger partial charge in [-0.3, -0.25) is 9.97 Å². The third-order valence-corrected chi connectivity index (χ3v) is 11.5. The van der Waals surface area contributed by atoms with Gasteiger partial charge in [0.2, 0.25) is 0 Å². The summed E-state index contributed by atoms with van der Waals surface area (Å²) >= 11 is 1.62. The third kappa shape index (κ3) is 11.8. The number of carboxylic acid groups (broad SMARTS) is 1. The number of nitriles is 1. The fraction of sp³-hybridized carbons (Fsp3) is 0.320. The monoisotopic (exact) mass is 806 g/mol. The van der Waals surface area contributed by atoms with Gasteiger partial charge in [-0.2, -0.15) is 5.26 Å². The molecule has 2 heterocycles. The fourth-order valence-corrected chi connectivity index (χ4v) is 8.24. The van der Waals surface area contributed by atoms with E-state index in [9.17, 15) is 15.2 Å². The summed E-state index contributed by atoms with van der Waals surface area (Å²) in [4.78, 5) is 25.0. The Morgan fingerprint density at radius 1 is 0.627 bits per heavy atom. The van der Waals surface area contributed by atoms with E-state index in [1.807, 2.05) is 24.3 Å². The minimum Gasteiger partial charge on any atom is -0.494 e. The van der Waals surface area contributed by atoms with Crippen LogP contribution in [-0.2, 0) is 4.79 Å². The highest BCUT2D eigenvalue weighted by atomic mass is 32.1. The SMILES string of the molecule is CCCCCCCCOc1ccc(N(c2ccc(OCCCCCCCC)cc2)c2ccc(-c3sc(-c4ccc(/C=C(/C#N)C(=O)O)cc4)c4nccnc34)cc2)cc1. The number of carbonyl (C=O) groups is 1. The quantitative estimate of drug-likeness (QED) is 0.0387. The number of rotatable bonds is 23. The van der Waals surface area contributed by atoms with E-state index in [0.29, 0.717) is 5.56 Å². The largest absolute Gasteiger partial charge is 0.494 e. The normalized spacial score (nSPS) is 11.4. The predicted molar refractivity (Wildman–Crippen MR) is 242 cm³/mol. The van der Waals surface area contributed by atoms with Gasteiger partial charge in [-0.1, -0.05) is 114 Å². The maximum Gasteiger partial charge on any atom is 0.346 e. The van der Waals surface area contributed by atoms with Gasteiger partial charge in [-0.05, 0) is 96.3 Å². The number of anilines is 3. The van der Waals surface area contributed by atoms with E-state index >= 15 is 0 Å². The molecule has 59 heavy (non-hydrogen) atoms. The number of ether oxygens (including phenoxy) is 2. The lowest BCUT2D eigenvalue weighted by Gasteiger charge is -2.26. The van der Waals surface area contributed by atoms with Crippen molar-refractivity contribution in [3.05, 3.63) is 121 Å². The lowest BCUT2D eigenvalue weighted by atomic mass is 10.1. The Morgan fingerprint density at radius 3 is 1.46 bits per heavy atom. The molecular formula is C50H54N4O4S. The number of nitrogens with zero attached hydrogens (tertiary/aromatic N) is 4. The van der Waals surface area contributed by atoms with Crippen LogP contribution in [0.3, 0.4) is 0 Å². The summed E-state index contributed by atoms with van der Waals surface area (Å²) in [6.07, 6.45) is 19.5. The van der Waals surface area contributed by atoms with Crippen LogP contribution in [0, 0.1) is 11.3 Å². The number of carboxylic acids is 1. The first kappa shape index (κ1) is 42.6. The molecule has 0 aliphatic carbocycles. The molecule has 6 rings (SSSR count). The minimum absolute atomic E-state index is 0.316. The Hall–Kier alpha value is -5.98. The van der Waals surface area contributed by atoms with Crippen molar-refractivity contribution in [2.45, 2.75) is 90.9 Å². The number of benzene rings is 4. The third-order valence-electron chi connectivity index (χ3n) is 10.3. The van der Waals surface area contributed by atoms with E-state index in [2.05, 4.69) is 91.5 Å². The molecule has 2 aromatic heterocycles. The van der Waals surface area contributed by atoms with Crippen LogP contribution in [0.1, 0.15) is 96.5 Å². The first-order valence-corrected chi connectivity index (χ1v) is 21.9. The standard InChI is InChI=1S/C50H54N4O4S/c1-3-5-7-9-11-13-33-57-44-27-23-42(24-28-44)54(43-25-29-45(30-26-43)58-34-14-12-10-8-6-4-2)41-21-19-39(20-22-41)49-47-46(52-31-32-53-47)48(59-49)38-17-15-37(16-18-38)35-40(36-51)50(55)56/h15-32,35H,3-14,33-34H2,1-2H3,(H,55,56)/b40-35-. The lowest BCUT2D eigenvalue weighted by Crippen LogP contribution is -2.10. The first-order valence-electron chi connectivity index (χ1n) is 21.0. The molecule has 0 atom stereocenters. The summed E-state index contributed by atoms with van der Waals surface area (Å²) in [6, 6.07) is 34.4. The molecule has 1 N–H and O–H groups in total. The second kappa shape index (κ2) is 22.2. The van der Waals surface area contributed by atoms with Crippen molar-refractivity contribution in [2.75, 3.05) is 18.1 Å². The van der Waals surface area contributed by atoms with Crippen molar-refractivity contribution in [3.8, 4) is 38.4 Å². The van der Waals surface area contributed by atoms with Gasteiger partial charge in [0.15, 0.2) is 0 Å². The molecule has 0 fully saturated rings. The molecular weight excluding hydrogens is 753 g/mol. The molecule has 0 aliphatic heterocycles. The van der Waals surface area contributed by atoms with E-state index < -0.39 is 5.97 Å². The van der Waals surface area contributed by atoms with Gasteiger partial charge in [0.1, 0.15) is 34.2 Å². The highest BCUT2D eigenvalue weighted by Crippen LogP contribution is 2.44. The number of thiophene rings is 1. The molecule has 0 saturated carbocycles. The number of hydrogen-bond donors (Lipinski definition) is 1. The van der Waals surface area contributed by atoms with Crippen molar-refractivity contribution in [1.29, 1.82) is 5.26 Å². The zero-order valence-electron chi connectivity index (χ0n) is 34.2. The van der Waals surface area contributed by atoms with Crippen LogP contribution in [0.5, 0.6) is 11.5 Å². The van der Waals surface area contributed by atoms with Crippen LogP contribution in [0.2, 0.25) is 0 Å². The number of fused-ring (bicyclic) bond motifs is 1. The van der Waals surface area contributed by atoms with Gasteiger partial charge in [0.05, 0.1) is 23.0 Å². The van der Waals surface area contributed by atoms with E-state index in [1.165, 1.54) is 70.3 Å². The zero-order valence-corrected chi connectivity index (χ0v) is 35.1. The van der Waals surface area contributed by atoms with Crippen molar-refractivity contribution < 1.29 is 19.4 Å². The Morgan fingerprint density at radius 2 is 1.03 bits per heavy atom. The highest BCUT2D eigenvalue weighted by molar-refractivity contribution is 7.20. The van der Waals surface area contributed by atoms with Crippen molar-refractivity contribution in [2.24, 2.45) is 0 Å². The Kier molecular flexibility index (Phi) is 16.1. The number of hydrogen-bond acceptors (Lipinski definition) is 8. The van der Waals surface area contributed by atoms with Crippen LogP contribution in [0.25, 0.3) is 38.0 Å². The summed E-state index contributed by atoms with van der Waals surface area (Å²) < 4.78 is 12.3. The maximum absolute atomic E-state index is 11.4. The first-order chi connectivity index (χ1) is 29.0. The molecule has 0 saturated heterocycles. The van der Waals surface area contributed by atoms with Crippen molar-refractivity contribution >= 4 is 51.5 Å². The van der Waals surface area contributed by atoms with E-state index in [-0.39, 0.29) is 5.57 Å². The van der Waals surface area contributed by atoms with Crippen LogP contribution >= 0.6 is 11.3 Å². The lowest BCUT2D eigenvalue weighted by molar-refractivity contribution is -0.132. The van der Waals surface area contributed by atoms with Crippen LogP contribution in [-0.4, -0.2) is 34.3 Å². The van der Waals surface area contributed by atoms with Crippen LogP contribution < -0.4 is 14.4 Å². The Balaban J connectivity index is 1.23. The number of unbranched alkanes of at least 4 members (excludes halogenated alkanes) is 10. The van der Waals surface area contributed by atoms with Gasteiger partial charge in [0, 0.05) is 29.5 Å². The van der Waals surface area contributed by atoms with Crippen LogP contribution in [0.4, 0.5) is 17.1 Å². The molecule has 6 aromatic rings. The fourth-order valence-electron chi connectivity index (χ4n) is 7.04. The van der Waals surface area contributed by atoms with E-state index in [1.54, 1.807) is 29.8 Å².